The summed E-state index contributed by atoms with van der Waals surface area (Å²) in [6, 6.07) is 9.94. The summed E-state index contributed by atoms with van der Waals surface area (Å²) in [4.78, 5) is 38.5. The zero-order chi connectivity index (χ0) is 16.2. The van der Waals surface area contributed by atoms with Gasteiger partial charge in [-0.3, -0.25) is 14.5 Å². The second-order valence-corrected chi connectivity index (χ2v) is 6.05. The highest BCUT2D eigenvalue weighted by Gasteiger charge is 2.34. The van der Waals surface area contributed by atoms with E-state index in [0.717, 1.165) is 30.6 Å². The molecule has 1 unspecified atom stereocenters. The van der Waals surface area contributed by atoms with Crippen molar-refractivity contribution in [1.29, 1.82) is 0 Å². The molecule has 0 radical (unpaired) electrons. The summed E-state index contributed by atoms with van der Waals surface area (Å²) in [6.45, 7) is 0.554. The first-order valence-corrected chi connectivity index (χ1v) is 8.07. The molecule has 0 aromatic heterocycles. The van der Waals surface area contributed by atoms with Crippen molar-refractivity contribution in [3.8, 4) is 0 Å². The Balaban J connectivity index is 1.56. The molecule has 122 valence electrons. The number of hydrogen-bond acceptors (Lipinski definition) is 3. The average Bonchev–Trinajstić information content (AvgIpc) is 3.15. The van der Waals surface area contributed by atoms with Gasteiger partial charge in [0.1, 0.15) is 6.54 Å². The van der Waals surface area contributed by atoms with Gasteiger partial charge in [0.2, 0.25) is 5.91 Å². The molecule has 2 aliphatic rings. The second kappa shape index (κ2) is 6.81. The molecule has 6 nitrogen and oxygen atoms in total. The summed E-state index contributed by atoms with van der Waals surface area (Å²) in [5.41, 5.74) is 1.26. The molecule has 1 N–H and O–H groups in total. The highest BCUT2D eigenvalue weighted by Crippen LogP contribution is 2.22. The number of nitrogens with zero attached hydrogens (tertiary/aromatic N) is 2. The van der Waals surface area contributed by atoms with Crippen molar-refractivity contribution in [3.05, 3.63) is 35.9 Å². The molecular formula is C17H21N3O3. The van der Waals surface area contributed by atoms with Gasteiger partial charge >= 0.3 is 6.03 Å². The van der Waals surface area contributed by atoms with E-state index in [1.807, 2.05) is 23.1 Å². The maximum Gasteiger partial charge on any atom is 0.325 e. The van der Waals surface area contributed by atoms with Crippen LogP contribution in [0.3, 0.4) is 0 Å². The fraction of sp³-hybridized carbons (Fsp3) is 0.471. The molecule has 2 heterocycles. The number of carbonyl (C=O) groups is 3. The van der Waals surface area contributed by atoms with Crippen molar-refractivity contribution in [2.45, 2.75) is 31.7 Å². The second-order valence-electron chi connectivity index (χ2n) is 6.05. The number of benzene rings is 1. The van der Waals surface area contributed by atoms with Gasteiger partial charge < -0.3 is 10.2 Å². The first-order chi connectivity index (χ1) is 11.1. The Morgan fingerprint density at radius 3 is 2.70 bits per heavy atom. The molecule has 1 aromatic carbocycles. The molecule has 4 amide bonds. The van der Waals surface area contributed by atoms with Gasteiger partial charge in [0, 0.05) is 12.6 Å². The zero-order valence-electron chi connectivity index (χ0n) is 13.0. The van der Waals surface area contributed by atoms with E-state index in [2.05, 4.69) is 17.4 Å². The minimum atomic E-state index is -0.469. The minimum absolute atomic E-state index is 0.0104. The number of rotatable bonds is 5. The third-order valence-electron chi connectivity index (χ3n) is 4.54. The summed E-state index contributed by atoms with van der Waals surface area (Å²) < 4.78 is 0. The Hall–Kier alpha value is -2.37. The largest absolute Gasteiger partial charge is 0.338 e. The monoisotopic (exact) mass is 315 g/mol. The lowest BCUT2D eigenvalue weighted by Crippen LogP contribution is -2.45. The number of nitrogens with one attached hydrogen (secondary N) is 1. The van der Waals surface area contributed by atoms with E-state index in [1.165, 1.54) is 5.56 Å². The average molecular weight is 315 g/mol. The highest BCUT2D eigenvalue weighted by molar-refractivity contribution is 6.04. The Kier molecular flexibility index (Phi) is 4.60. The maximum absolute atomic E-state index is 12.5. The lowest BCUT2D eigenvalue weighted by molar-refractivity contribution is -0.137. The van der Waals surface area contributed by atoms with Crippen molar-refractivity contribution in [2.75, 3.05) is 19.6 Å². The molecule has 1 atom stereocenters. The molecule has 2 aliphatic heterocycles. The van der Waals surface area contributed by atoms with E-state index in [4.69, 9.17) is 0 Å². The van der Waals surface area contributed by atoms with Crippen molar-refractivity contribution in [2.24, 2.45) is 0 Å². The van der Waals surface area contributed by atoms with Crippen LogP contribution in [0.4, 0.5) is 4.79 Å². The lowest BCUT2D eigenvalue weighted by Gasteiger charge is -2.26. The van der Waals surface area contributed by atoms with Crippen LogP contribution in [0.2, 0.25) is 0 Å². The SMILES string of the molecule is O=C1CNC(=O)N1CC(=O)N1CCCC1CCc1ccccc1. The predicted octanol–water partition coefficient (Wildman–Crippen LogP) is 1.16. The smallest absolute Gasteiger partial charge is 0.325 e. The lowest BCUT2D eigenvalue weighted by atomic mass is 10.0. The van der Waals surface area contributed by atoms with Crippen LogP contribution in [0.5, 0.6) is 0 Å². The van der Waals surface area contributed by atoms with Crippen LogP contribution in [0, 0.1) is 0 Å². The molecule has 2 saturated heterocycles. The predicted molar refractivity (Wildman–Crippen MR) is 84.6 cm³/mol. The van der Waals surface area contributed by atoms with E-state index < -0.39 is 6.03 Å². The number of imide groups is 1. The molecule has 0 aliphatic carbocycles. The molecule has 1 aromatic rings. The van der Waals surface area contributed by atoms with Crippen LogP contribution in [0.25, 0.3) is 0 Å². The van der Waals surface area contributed by atoms with Gasteiger partial charge in [0.25, 0.3) is 5.91 Å². The molecule has 3 rings (SSSR count). The van der Waals surface area contributed by atoms with Gasteiger partial charge in [-0.05, 0) is 31.2 Å². The Morgan fingerprint density at radius 1 is 1.22 bits per heavy atom. The van der Waals surface area contributed by atoms with E-state index in [9.17, 15) is 14.4 Å². The molecule has 0 saturated carbocycles. The van der Waals surface area contributed by atoms with Gasteiger partial charge in [0.05, 0.1) is 6.54 Å². The van der Waals surface area contributed by atoms with Crippen molar-refractivity contribution < 1.29 is 14.4 Å². The number of hydrogen-bond donors (Lipinski definition) is 1. The van der Waals surface area contributed by atoms with Gasteiger partial charge in [-0.1, -0.05) is 30.3 Å². The third kappa shape index (κ3) is 3.52. The summed E-state index contributed by atoms with van der Waals surface area (Å²) in [6.07, 6.45) is 3.80. The number of aryl methyl sites for hydroxylation is 1. The quantitative estimate of drug-likeness (QED) is 0.829. The van der Waals surface area contributed by atoms with E-state index in [0.29, 0.717) is 6.54 Å². The van der Waals surface area contributed by atoms with E-state index in [1.54, 1.807) is 0 Å². The number of amides is 4. The Labute approximate surface area is 135 Å². The first-order valence-electron chi connectivity index (χ1n) is 8.07. The van der Waals surface area contributed by atoms with Gasteiger partial charge in [-0.25, -0.2) is 4.79 Å². The number of likely N-dealkylation sites (tertiary alicyclic amines) is 1. The maximum atomic E-state index is 12.5. The molecule has 23 heavy (non-hydrogen) atoms. The van der Waals surface area contributed by atoms with Crippen LogP contribution in [-0.2, 0) is 16.0 Å². The van der Waals surface area contributed by atoms with E-state index >= 15 is 0 Å². The standard InChI is InChI=1S/C17H21N3O3/c21-15-11-18-17(23)20(15)12-16(22)19-10-4-7-14(19)9-8-13-5-2-1-3-6-13/h1-3,5-6,14H,4,7-12H2,(H,18,23). The topological polar surface area (TPSA) is 69.7 Å². The minimum Gasteiger partial charge on any atom is -0.338 e. The zero-order valence-corrected chi connectivity index (χ0v) is 13.0. The molecule has 0 spiro atoms. The highest BCUT2D eigenvalue weighted by atomic mass is 16.2. The molecular weight excluding hydrogens is 294 g/mol. The van der Waals surface area contributed by atoms with Crippen LogP contribution in [0.15, 0.2) is 30.3 Å². The van der Waals surface area contributed by atoms with Gasteiger partial charge in [0.15, 0.2) is 0 Å². The number of urea groups is 1. The molecule has 6 heteroatoms. The summed E-state index contributed by atoms with van der Waals surface area (Å²) in [7, 11) is 0. The fourth-order valence-electron chi connectivity index (χ4n) is 3.28. The fourth-order valence-corrected chi connectivity index (χ4v) is 3.28. The normalized spacial score (nSPS) is 21.0. The Morgan fingerprint density at radius 2 is 2.00 bits per heavy atom. The first kappa shape index (κ1) is 15.5. The Bertz CT molecular complexity index is 586. The van der Waals surface area contributed by atoms with Crippen molar-refractivity contribution in [3.63, 3.8) is 0 Å². The van der Waals surface area contributed by atoms with Crippen LogP contribution in [0.1, 0.15) is 24.8 Å². The summed E-state index contributed by atoms with van der Waals surface area (Å²) in [5, 5.41) is 2.44. The number of carbonyl (C=O) groups excluding carboxylic acids is 3. The van der Waals surface area contributed by atoms with Gasteiger partial charge in [-0.15, -0.1) is 0 Å². The van der Waals surface area contributed by atoms with Crippen molar-refractivity contribution >= 4 is 17.8 Å². The van der Waals surface area contributed by atoms with Gasteiger partial charge in [-0.2, -0.15) is 0 Å². The van der Waals surface area contributed by atoms with Crippen molar-refractivity contribution in [1.82, 2.24) is 15.1 Å². The third-order valence-corrected chi connectivity index (χ3v) is 4.54. The summed E-state index contributed by atoms with van der Waals surface area (Å²) in [5.74, 6) is -0.464. The van der Waals surface area contributed by atoms with Crippen LogP contribution >= 0.6 is 0 Å². The van der Waals surface area contributed by atoms with E-state index in [-0.39, 0.29) is 30.9 Å². The van der Waals surface area contributed by atoms with Crippen LogP contribution in [-0.4, -0.2) is 53.3 Å². The molecule has 0 bridgehead atoms. The van der Waals surface area contributed by atoms with Crippen LogP contribution < -0.4 is 5.32 Å². The molecule has 2 fully saturated rings. The summed E-state index contributed by atoms with van der Waals surface area (Å²) >= 11 is 0.